The van der Waals surface area contributed by atoms with Gasteiger partial charge < -0.3 is 4.74 Å². The molecule has 0 atom stereocenters. The van der Waals surface area contributed by atoms with Crippen molar-refractivity contribution < 1.29 is 9.53 Å². The van der Waals surface area contributed by atoms with Crippen molar-refractivity contribution in [2.24, 2.45) is 0 Å². The van der Waals surface area contributed by atoms with Crippen molar-refractivity contribution in [3.05, 3.63) is 116 Å². The molecular formula is C32H29N3O3S2. The first-order chi connectivity index (χ1) is 19.5. The summed E-state index contributed by atoms with van der Waals surface area (Å²) in [5, 5.41) is 1.22. The number of aromatic nitrogens is 2. The largest absolute Gasteiger partial charge is 0.497 e. The number of carbonyl (C=O) groups excluding carboxylic acids is 1. The van der Waals surface area contributed by atoms with Crippen LogP contribution in [0.1, 0.15) is 31.9 Å². The first-order valence-corrected chi connectivity index (χ1v) is 15.0. The van der Waals surface area contributed by atoms with E-state index in [0.717, 1.165) is 42.0 Å². The zero-order chi connectivity index (χ0) is 27.6. The number of ether oxygens (including phenoxy) is 1. The maximum absolute atomic E-state index is 14.1. The third kappa shape index (κ3) is 5.35. The van der Waals surface area contributed by atoms with Gasteiger partial charge in [0.25, 0.3) is 5.56 Å². The standard InChI is InChI=1S/C32H29N3O3S2/c1-21-8-10-23(11-9-21)27(36)20-39-32-33-30-29(31(37)35(32)24-12-14-25(38-2)15-13-24)26-16-17-34(19-28(26)40-30)18-22-6-4-3-5-7-22/h3-15H,16-20H2,1-2H3. The predicted octanol–water partition coefficient (Wildman–Crippen LogP) is 6.30. The maximum atomic E-state index is 14.1. The molecule has 3 aromatic carbocycles. The Balaban J connectivity index is 1.37. The van der Waals surface area contributed by atoms with E-state index >= 15 is 0 Å². The van der Waals surface area contributed by atoms with Crippen LogP contribution in [0.3, 0.4) is 0 Å². The molecule has 0 saturated carbocycles. The summed E-state index contributed by atoms with van der Waals surface area (Å²) < 4.78 is 6.98. The monoisotopic (exact) mass is 567 g/mol. The minimum atomic E-state index is -0.0885. The van der Waals surface area contributed by atoms with Crippen LogP contribution >= 0.6 is 23.1 Å². The molecule has 0 N–H and O–H groups in total. The second-order valence-electron chi connectivity index (χ2n) is 9.94. The lowest BCUT2D eigenvalue weighted by Gasteiger charge is -2.26. The van der Waals surface area contributed by atoms with Gasteiger partial charge in [-0.2, -0.15) is 0 Å². The Bertz CT molecular complexity index is 1730. The molecule has 0 fully saturated rings. The number of rotatable bonds is 8. The second kappa shape index (κ2) is 11.4. The van der Waals surface area contributed by atoms with E-state index in [2.05, 4.69) is 29.2 Å². The number of hydrogen-bond donors (Lipinski definition) is 0. The highest BCUT2D eigenvalue weighted by Gasteiger charge is 2.26. The Morgan fingerprint density at radius 2 is 1.77 bits per heavy atom. The Kier molecular flexibility index (Phi) is 7.56. The SMILES string of the molecule is COc1ccc(-n2c(SCC(=O)c3ccc(C)cc3)nc3sc4c(c3c2=O)CCN(Cc2ccccc2)C4)cc1. The van der Waals surface area contributed by atoms with Gasteiger partial charge in [0.05, 0.1) is 23.9 Å². The molecule has 0 radical (unpaired) electrons. The third-order valence-corrected chi connectivity index (χ3v) is 9.26. The van der Waals surface area contributed by atoms with Crippen LogP contribution in [-0.4, -0.2) is 39.6 Å². The fraction of sp³-hybridized carbons (Fsp3) is 0.219. The predicted molar refractivity (Wildman–Crippen MR) is 162 cm³/mol. The van der Waals surface area contributed by atoms with Crippen molar-refractivity contribution >= 4 is 39.1 Å². The Morgan fingerprint density at radius 1 is 1.02 bits per heavy atom. The van der Waals surface area contributed by atoms with E-state index in [1.165, 1.54) is 22.2 Å². The number of carbonyl (C=O) groups is 1. The summed E-state index contributed by atoms with van der Waals surface area (Å²) in [5.74, 6) is 0.899. The van der Waals surface area contributed by atoms with Crippen LogP contribution < -0.4 is 10.3 Å². The molecule has 202 valence electrons. The van der Waals surface area contributed by atoms with Gasteiger partial charge in [-0.05, 0) is 48.7 Å². The van der Waals surface area contributed by atoms with Crippen molar-refractivity contribution in [1.82, 2.24) is 14.5 Å². The Labute approximate surface area is 241 Å². The molecule has 2 aromatic heterocycles. The van der Waals surface area contributed by atoms with E-state index in [9.17, 15) is 9.59 Å². The van der Waals surface area contributed by atoms with Crippen LogP contribution in [-0.2, 0) is 19.5 Å². The fourth-order valence-corrected chi connectivity index (χ4v) is 7.27. The number of benzene rings is 3. The second-order valence-corrected chi connectivity index (χ2v) is 12.0. The van der Waals surface area contributed by atoms with Gasteiger partial charge in [0.1, 0.15) is 10.6 Å². The summed E-state index contributed by atoms with van der Waals surface area (Å²) in [7, 11) is 1.62. The lowest BCUT2D eigenvalue weighted by Crippen LogP contribution is -2.30. The molecule has 0 spiro atoms. The maximum Gasteiger partial charge on any atom is 0.267 e. The average molecular weight is 568 g/mol. The van der Waals surface area contributed by atoms with Crippen LogP contribution in [0.5, 0.6) is 5.75 Å². The topological polar surface area (TPSA) is 64.4 Å². The fourth-order valence-electron chi connectivity index (χ4n) is 5.06. The first kappa shape index (κ1) is 26.5. The van der Waals surface area contributed by atoms with Crippen molar-refractivity contribution in [3.8, 4) is 11.4 Å². The molecule has 6 rings (SSSR count). The van der Waals surface area contributed by atoms with Gasteiger partial charge in [-0.25, -0.2) is 4.98 Å². The quantitative estimate of drug-likeness (QED) is 0.125. The lowest BCUT2D eigenvalue weighted by atomic mass is 10.0. The van der Waals surface area contributed by atoms with Gasteiger partial charge >= 0.3 is 0 Å². The lowest BCUT2D eigenvalue weighted by molar-refractivity contribution is 0.102. The van der Waals surface area contributed by atoms with Crippen LogP contribution in [0.15, 0.2) is 88.8 Å². The molecule has 40 heavy (non-hydrogen) atoms. The van der Waals surface area contributed by atoms with Gasteiger partial charge in [-0.1, -0.05) is 71.9 Å². The smallest absolute Gasteiger partial charge is 0.267 e. The number of Topliss-reactive ketones (excluding diaryl/α,β-unsaturated/α-hetero) is 1. The molecule has 3 heterocycles. The van der Waals surface area contributed by atoms with Crippen LogP contribution in [0.4, 0.5) is 0 Å². The van der Waals surface area contributed by atoms with Gasteiger partial charge in [0.2, 0.25) is 0 Å². The number of hydrogen-bond acceptors (Lipinski definition) is 7. The number of nitrogens with zero attached hydrogens (tertiary/aromatic N) is 3. The summed E-state index contributed by atoms with van der Waals surface area (Å²) in [4.78, 5) is 36.5. The third-order valence-electron chi connectivity index (χ3n) is 7.21. The van der Waals surface area contributed by atoms with Crippen LogP contribution in [0, 0.1) is 6.92 Å². The van der Waals surface area contributed by atoms with Gasteiger partial charge in [0, 0.05) is 30.1 Å². The van der Waals surface area contributed by atoms with Crippen molar-refractivity contribution in [2.75, 3.05) is 19.4 Å². The first-order valence-electron chi connectivity index (χ1n) is 13.2. The minimum absolute atomic E-state index is 0.00246. The molecule has 1 aliphatic heterocycles. The van der Waals surface area contributed by atoms with Crippen molar-refractivity contribution in [1.29, 1.82) is 0 Å². The number of thioether (sulfide) groups is 1. The molecule has 0 bridgehead atoms. The molecule has 6 nitrogen and oxygen atoms in total. The van der Waals surface area contributed by atoms with E-state index in [4.69, 9.17) is 9.72 Å². The number of ketones is 1. The Hall–Kier alpha value is -3.72. The van der Waals surface area contributed by atoms with Gasteiger partial charge in [-0.3, -0.25) is 19.1 Å². The number of aryl methyl sites for hydroxylation is 1. The molecule has 0 aliphatic carbocycles. The molecule has 8 heteroatoms. The van der Waals surface area contributed by atoms with Gasteiger partial charge in [0.15, 0.2) is 10.9 Å². The highest BCUT2D eigenvalue weighted by Crippen LogP contribution is 2.35. The normalized spacial score (nSPS) is 13.3. The highest BCUT2D eigenvalue weighted by atomic mass is 32.2. The van der Waals surface area contributed by atoms with E-state index in [0.29, 0.717) is 27.5 Å². The van der Waals surface area contributed by atoms with E-state index < -0.39 is 0 Å². The Morgan fingerprint density at radius 3 is 2.50 bits per heavy atom. The summed E-state index contributed by atoms with van der Waals surface area (Å²) in [6, 6.07) is 25.4. The van der Waals surface area contributed by atoms with E-state index in [-0.39, 0.29) is 17.1 Å². The van der Waals surface area contributed by atoms with Crippen LogP contribution in [0.2, 0.25) is 0 Å². The molecule has 0 saturated heterocycles. The molecule has 5 aromatic rings. The number of methoxy groups -OCH3 is 1. The van der Waals surface area contributed by atoms with E-state index in [1.54, 1.807) is 23.0 Å². The number of thiophene rings is 1. The summed E-state index contributed by atoms with van der Waals surface area (Å²) >= 11 is 2.90. The van der Waals surface area contributed by atoms with Crippen molar-refractivity contribution in [3.63, 3.8) is 0 Å². The van der Waals surface area contributed by atoms with Gasteiger partial charge in [-0.15, -0.1) is 11.3 Å². The summed E-state index contributed by atoms with van der Waals surface area (Å²) in [6.07, 6.45) is 0.806. The highest BCUT2D eigenvalue weighted by molar-refractivity contribution is 7.99. The average Bonchev–Trinajstić information content (AvgIpc) is 3.35. The number of fused-ring (bicyclic) bond motifs is 3. The summed E-state index contributed by atoms with van der Waals surface area (Å²) in [6.45, 7) is 4.55. The molecule has 0 unspecified atom stereocenters. The molecular weight excluding hydrogens is 539 g/mol. The van der Waals surface area contributed by atoms with Crippen LogP contribution in [0.25, 0.3) is 15.9 Å². The van der Waals surface area contributed by atoms with E-state index in [1.807, 2.05) is 61.5 Å². The minimum Gasteiger partial charge on any atom is -0.497 e. The zero-order valence-corrected chi connectivity index (χ0v) is 24.1. The summed E-state index contributed by atoms with van der Waals surface area (Å²) in [5.41, 5.74) is 4.76. The zero-order valence-electron chi connectivity index (χ0n) is 22.4. The molecule has 1 aliphatic rings. The molecule has 0 amide bonds. The van der Waals surface area contributed by atoms with Crippen molar-refractivity contribution in [2.45, 2.75) is 31.6 Å².